The summed E-state index contributed by atoms with van der Waals surface area (Å²) in [6.07, 6.45) is 0. The molecule has 92 valence electrons. The van der Waals surface area contributed by atoms with Crippen LogP contribution in [0.25, 0.3) is 0 Å². The number of methoxy groups -OCH3 is 1. The van der Waals surface area contributed by atoms with E-state index in [9.17, 15) is 9.59 Å². The minimum atomic E-state index is -0.320. The molecule has 6 heteroatoms. The van der Waals surface area contributed by atoms with E-state index in [-0.39, 0.29) is 11.9 Å². The van der Waals surface area contributed by atoms with Crippen molar-refractivity contribution in [3.8, 4) is 5.75 Å². The summed E-state index contributed by atoms with van der Waals surface area (Å²) in [6.45, 7) is 1.41. The lowest BCUT2D eigenvalue weighted by Gasteiger charge is -2.11. The quantitative estimate of drug-likeness (QED) is 0.743. The van der Waals surface area contributed by atoms with E-state index < -0.39 is 0 Å². The van der Waals surface area contributed by atoms with Gasteiger partial charge in [-0.15, -0.1) is 0 Å². The van der Waals surface area contributed by atoms with Gasteiger partial charge in [-0.05, 0) is 12.1 Å². The maximum absolute atomic E-state index is 11.1. The van der Waals surface area contributed by atoms with Crippen molar-refractivity contribution >= 4 is 23.3 Å². The maximum Gasteiger partial charge on any atom is 0.318 e. The third kappa shape index (κ3) is 3.67. The third-order valence-electron chi connectivity index (χ3n) is 2.00. The largest absolute Gasteiger partial charge is 0.494 e. The van der Waals surface area contributed by atoms with Gasteiger partial charge < -0.3 is 20.7 Å². The Morgan fingerprint density at radius 2 is 1.94 bits per heavy atom. The first-order valence-corrected chi connectivity index (χ1v) is 5.01. The molecule has 0 saturated heterocycles. The molecule has 0 bridgehead atoms. The first-order valence-electron chi connectivity index (χ1n) is 5.01. The number of carbonyl (C=O) groups excluding carboxylic acids is 2. The highest BCUT2D eigenvalue weighted by molar-refractivity contribution is 5.93. The van der Waals surface area contributed by atoms with Crippen molar-refractivity contribution in [2.24, 2.45) is 0 Å². The number of hydrogen-bond acceptors (Lipinski definition) is 3. The van der Waals surface area contributed by atoms with E-state index in [2.05, 4.69) is 16.0 Å². The summed E-state index contributed by atoms with van der Waals surface area (Å²) in [7, 11) is 3.02. The van der Waals surface area contributed by atoms with Crippen molar-refractivity contribution in [1.29, 1.82) is 0 Å². The molecule has 0 aliphatic carbocycles. The molecule has 0 aliphatic rings. The van der Waals surface area contributed by atoms with Crippen LogP contribution < -0.4 is 20.7 Å². The summed E-state index contributed by atoms with van der Waals surface area (Å²) in [5.74, 6) is 0.296. The Kier molecular flexibility index (Phi) is 4.33. The molecule has 0 saturated carbocycles. The lowest BCUT2D eigenvalue weighted by atomic mass is 10.2. The van der Waals surface area contributed by atoms with Crippen LogP contribution in [0.3, 0.4) is 0 Å². The van der Waals surface area contributed by atoms with Gasteiger partial charge in [0, 0.05) is 25.7 Å². The molecule has 0 aliphatic heterocycles. The topological polar surface area (TPSA) is 79.5 Å². The molecule has 3 amide bonds. The van der Waals surface area contributed by atoms with Gasteiger partial charge in [0.1, 0.15) is 5.75 Å². The number of benzene rings is 1. The molecule has 0 radical (unpaired) electrons. The standard InChI is InChI=1S/C11H15N3O3/c1-7(15)13-9-5-4-8(6-10(9)17-3)14-11(16)12-2/h4-6H,1-3H3,(H,13,15)(H2,12,14,16). The molecule has 6 nitrogen and oxygen atoms in total. The zero-order chi connectivity index (χ0) is 12.8. The predicted octanol–water partition coefficient (Wildman–Crippen LogP) is 1.40. The SMILES string of the molecule is CNC(=O)Nc1ccc(NC(C)=O)c(OC)c1. The zero-order valence-corrected chi connectivity index (χ0v) is 9.96. The van der Waals surface area contributed by atoms with Gasteiger partial charge >= 0.3 is 6.03 Å². The van der Waals surface area contributed by atoms with E-state index in [1.807, 2.05) is 0 Å². The molecular weight excluding hydrogens is 222 g/mol. The number of amides is 3. The molecule has 1 aromatic carbocycles. The smallest absolute Gasteiger partial charge is 0.318 e. The fourth-order valence-electron chi connectivity index (χ4n) is 1.26. The molecule has 0 atom stereocenters. The molecular formula is C11H15N3O3. The highest BCUT2D eigenvalue weighted by Crippen LogP contribution is 2.27. The van der Waals surface area contributed by atoms with E-state index in [1.165, 1.54) is 21.1 Å². The average molecular weight is 237 g/mol. The van der Waals surface area contributed by atoms with Gasteiger partial charge in [0.05, 0.1) is 12.8 Å². The number of urea groups is 1. The maximum atomic E-state index is 11.1. The van der Waals surface area contributed by atoms with Gasteiger partial charge in [0.2, 0.25) is 5.91 Å². The van der Waals surface area contributed by atoms with E-state index in [0.29, 0.717) is 17.1 Å². The van der Waals surface area contributed by atoms with Crippen LogP contribution in [0.1, 0.15) is 6.92 Å². The Morgan fingerprint density at radius 1 is 1.24 bits per heavy atom. The molecule has 0 aromatic heterocycles. The Hall–Kier alpha value is -2.24. The van der Waals surface area contributed by atoms with Gasteiger partial charge in [0.15, 0.2) is 0 Å². The van der Waals surface area contributed by atoms with E-state index in [4.69, 9.17) is 4.74 Å². The number of anilines is 2. The Labute approximate surface area is 99.3 Å². The third-order valence-corrected chi connectivity index (χ3v) is 2.00. The first kappa shape index (κ1) is 12.8. The minimum absolute atomic E-state index is 0.185. The van der Waals surface area contributed by atoms with Crippen LogP contribution in [0.4, 0.5) is 16.2 Å². The van der Waals surface area contributed by atoms with Crippen molar-refractivity contribution in [2.45, 2.75) is 6.92 Å². The molecule has 0 spiro atoms. The first-order chi connectivity index (χ1) is 8.06. The number of nitrogens with one attached hydrogen (secondary N) is 3. The summed E-state index contributed by atoms with van der Waals surface area (Å²) < 4.78 is 5.12. The zero-order valence-electron chi connectivity index (χ0n) is 9.96. The Bertz CT molecular complexity index is 432. The molecule has 3 N–H and O–H groups in total. The van der Waals surface area contributed by atoms with Gasteiger partial charge in [0.25, 0.3) is 0 Å². The Morgan fingerprint density at radius 3 is 2.47 bits per heavy atom. The van der Waals surface area contributed by atoms with Gasteiger partial charge in [-0.25, -0.2) is 4.79 Å². The number of hydrogen-bond donors (Lipinski definition) is 3. The van der Waals surface area contributed by atoms with Gasteiger partial charge in [-0.1, -0.05) is 0 Å². The van der Waals surface area contributed by atoms with Crippen LogP contribution in [0.2, 0.25) is 0 Å². The fraction of sp³-hybridized carbons (Fsp3) is 0.273. The average Bonchev–Trinajstić information content (AvgIpc) is 2.30. The van der Waals surface area contributed by atoms with Crippen molar-refractivity contribution < 1.29 is 14.3 Å². The van der Waals surface area contributed by atoms with E-state index in [0.717, 1.165) is 0 Å². The molecule has 0 heterocycles. The van der Waals surface area contributed by atoms with Gasteiger partial charge in [-0.3, -0.25) is 4.79 Å². The summed E-state index contributed by atoms with van der Waals surface area (Å²) >= 11 is 0. The lowest BCUT2D eigenvalue weighted by molar-refractivity contribution is -0.114. The second-order valence-electron chi connectivity index (χ2n) is 3.30. The summed E-state index contributed by atoms with van der Waals surface area (Å²) in [5.41, 5.74) is 1.14. The van der Waals surface area contributed by atoms with Crippen LogP contribution in [0.15, 0.2) is 18.2 Å². The van der Waals surface area contributed by atoms with E-state index >= 15 is 0 Å². The fourth-order valence-corrected chi connectivity index (χ4v) is 1.26. The van der Waals surface area contributed by atoms with Crippen molar-refractivity contribution in [3.63, 3.8) is 0 Å². The highest BCUT2D eigenvalue weighted by Gasteiger charge is 2.07. The van der Waals surface area contributed by atoms with Crippen molar-refractivity contribution in [1.82, 2.24) is 5.32 Å². The second kappa shape index (κ2) is 5.74. The molecule has 17 heavy (non-hydrogen) atoms. The van der Waals surface area contributed by atoms with Crippen LogP contribution in [-0.2, 0) is 4.79 Å². The van der Waals surface area contributed by atoms with Gasteiger partial charge in [-0.2, -0.15) is 0 Å². The highest BCUT2D eigenvalue weighted by atomic mass is 16.5. The normalized spacial score (nSPS) is 9.35. The monoisotopic (exact) mass is 237 g/mol. The Balaban J connectivity index is 2.91. The van der Waals surface area contributed by atoms with Crippen molar-refractivity contribution in [3.05, 3.63) is 18.2 Å². The number of carbonyl (C=O) groups is 2. The van der Waals surface area contributed by atoms with Crippen LogP contribution in [-0.4, -0.2) is 26.1 Å². The summed E-state index contributed by atoms with van der Waals surface area (Å²) in [5, 5.41) is 7.67. The number of rotatable bonds is 3. The van der Waals surface area contributed by atoms with Crippen molar-refractivity contribution in [2.75, 3.05) is 24.8 Å². The summed E-state index contributed by atoms with van der Waals surface area (Å²) in [6, 6.07) is 4.63. The number of ether oxygens (including phenoxy) is 1. The lowest BCUT2D eigenvalue weighted by Crippen LogP contribution is -2.24. The second-order valence-corrected chi connectivity index (χ2v) is 3.30. The van der Waals surface area contributed by atoms with Crippen LogP contribution in [0.5, 0.6) is 5.75 Å². The summed E-state index contributed by atoms with van der Waals surface area (Å²) in [4.78, 5) is 22.1. The molecule has 1 rings (SSSR count). The predicted molar refractivity (Wildman–Crippen MR) is 65.4 cm³/mol. The van der Waals surface area contributed by atoms with Crippen LogP contribution >= 0.6 is 0 Å². The van der Waals surface area contributed by atoms with E-state index in [1.54, 1.807) is 18.2 Å². The molecule has 0 fully saturated rings. The molecule has 0 unspecified atom stereocenters. The minimum Gasteiger partial charge on any atom is -0.494 e. The van der Waals surface area contributed by atoms with Crippen LogP contribution in [0, 0.1) is 0 Å². The molecule has 1 aromatic rings.